The highest BCUT2D eigenvalue weighted by Crippen LogP contribution is 2.27. The maximum atomic E-state index is 12.4. The average molecular weight is 352 g/mol. The van der Waals surface area contributed by atoms with Gasteiger partial charge in [-0.2, -0.15) is 0 Å². The van der Waals surface area contributed by atoms with Gasteiger partial charge in [0.15, 0.2) is 0 Å². The van der Waals surface area contributed by atoms with Crippen molar-refractivity contribution in [2.24, 2.45) is 0 Å². The molecule has 0 saturated heterocycles. The molecule has 0 aliphatic carbocycles. The van der Waals surface area contributed by atoms with Gasteiger partial charge in [0.2, 0.25) is 0 Å². The van der Waals surface area contributed by atoms with Crippen molar-refractivity contribution in [2.45, 2.75) is 13.8 Å². The van der Waals surface area contributed by atoms with Crippen molar-refractivity contribution in [3.05, 3.63) is 70.7 Å². The zero-order valence-corrected chi connectivity index (χ0v) is 15.1. The van der Waals surface area contributed by atoms with E-state index in [-0.39, 0.29) is 5.91 Å². The summed E-state index contributed by atoms with van der Waals surface area (Å²) in [7, 11) is 0. The third kappa shape index (κ3) is 4.45. The molecule has 0 atom stereocenters. The zero-order valence-electron chi connectivity index (χ0n) is 14.3. The molecule has 25 heavy (non-hydrogen) atoms. The summed E-state index contributed by atoms with van der Waals surface area (Å²) in [5.74, 6) is 0.699. The lowest BCUT2D eigenvalue weighted by Gasteiger charge is -2.07. The number of carbonyl (C=O) groups excluding carboxylic acids is 1. The number of hydrogen-bond acceptors (Lipinski definition) is 4. The Kier molecular flexibility index (Phi) is 5.46. The van der Waals surface area contributed by atoms with Gasteiger partial charge in [-0.3, -0.25) is 4.79 Å². The minimum absolute atomic E-state index is 0.107. The summed E-state index contributed by atoms with van der Waals surface area (Å²) in [5, 5.41) is 3.75. The van der Waals surface area contributed by atoms with Gasteiger partial charge in [-0.15, -0.1) is 11.3 Å². The summed E-state index contributed by atoms with van der Waals surface area (Å²) in [6, 6.07) is 17.7. The summed E-state index contributed by atoms with van der Waals surface area (Å²) >= 11 is 1.41. The van der Waals surface area contributed by atoms with E-state index in [2.05, 4.69) is 10.3 Å². The first-order valence-corrected chi connectivity index (χ1v) is 8.95. The second-order valence-electron chi connectivity index (χ2n) is 5.72. The van der Waals surface area contributed by atoms with Crippen LogP contribution in [0, 0.1) is 13.8 Å². The Morgan fingerprint density at radius 3 is 2.52 bits per heavy atom. The molecule has 3 rings (SSSR count). The maximum Gasteiger partial charge on any atom is 0.263 e. The molecule has 3 aromatic rings. The lowest BCUT2D eigenvalue weighted by Crippen LogP contribution is -2.27. The van der Waals surface area contributed by atoms with Crippen molar-refractivity contribution in [1.29, 1.82) is 0 Å². The van der Waals surface area contributed by atoms with Crippen LogP contribution in [0.3, 0.4) is 0 Å². The molecule has 0 radical (unpaired) electrons. The largest absolute Gasteiger partial charge is 0.492 e. The van der Waals surface area contributed by atoms with Gasteiger partial charge < -0.3 is 10.1 Å². The van der Waals surface area contributed by atoms with Gasteiger partial charge in [-0.25, -0.2) is 4.98 Å². The van der Waals surface area contributed by atoms with Gasteiger partial charge in [-0.1, -0.05) is 48.0 Å². The predicted molar refractivity (Wildman–Crippen MR) is 101 cm³/mol. The smallest absolute Gasteiger partial charge is 0.263 e. The van der Waals surface area contributed by atoms with E-state index in [1.165, 1.54) is 16.9 Å². The van der Waals surface area contributed by atoms with Gasteiger partial charge in [0.1, 0.15) is 22.2 Å². The minimum Gasteiger partial charge on any atom is -0.492 e. The molecule has 0 bridgehead atoms. The van der Waals surface area contributed by atoms with E-state index in [0.29, 0.717) is 18.0 Å². The summed E-state index contributed by atoms with van der Waals surface area (Å²) in [6.45, 7) is 4.77. The first-order valence-electron chi connectivity index (χ1n) is 8.14. The lowest BCUT2D eigenvalue weighted by atomic mass is 10.2. The van der Waals surface area contributed by atoms with Gasteiger partial charge in [-0.05, 0) is 26.0 Å². The number of ether oxygens (including phenoxy) is 1. The third-order valence-corrected chi connectivity index (χ3v) is 4.91. The van der Waals surface area contributed by atoms with E-state index in [1.807, 2.05) is 68.4 Å². The molecule has 0 aliphatic rings. The van der Waals surface area contributed by atoms with Crippen molar-refractivity contribution < 1.29 is 9.53 Å². The highest BCUT2D eigenvalue weighted by atomic mass is 32.1. The van der Waals surface area contributed by atoms with Crippen LogP contribution in [-0.2, 0) is 0 Å². The van der Waals surface area contributed by atoms with Gasteiger partial charge in [0.05, 0.1) is 12.2 Å². The number of carbonyl (C=O) groups is 1. The van der Waals surface area contributed by atoms with Gasteiger partial charge in [0.25, 0.3) is 5.91 Å². The van der Waals surface area contributed by atoms with E-state index < -0.39 is 0 Å². The molecule has 0 unspecified atom stereocenters. The molecule has 0 saturated carbocycles. The van der Waals surface area contributed by atoms with E-state index >= 15 is 0 Å². The minimum atomic E-state index is -0.107. The summed E-state index contributed by atoms with van der Waals surface area (Å²) in [6.07, 6.45) is 0. The molecule has 1 N–H and O–H groups in total. The molecule has 0 spiro atoms. The average Bonchev–Trinajstić information content (AvgIpc) is 3.03. The van der Waals surface area contributed by atoms with Crippen LogP contribution in [-0.4, -0.2) is 24.0 Å². The van der Waals surface area contributed by atoms with Crippen molar-refractivity contribution in [3.8, 4) is 16.3 Å². The number of nitrogens with zero attached hydrogens (tertiary/aromatic N) is 1. The molecular weight excluding hydrogens is 332 g/mol. The predicted octanol–water partition coefficient (Wildman–Crippen LogP) is 4.24. The Morgan fingerprint density at radius 1 is 1.08 bits per heavy atom. The summed E-state index contributed by atoms with van der Waals surface area (Å²) in [4.78, 5) is 17.5. The van der Waals surface area contributed by atoms with E-state index in [4.69, 9.17) is 4.74 Å². The molecule has 128 valence electrons. The van der Waals surface area contributed by atoms with Crippen LogP contribution in [0.2, 0.25) is 0 Å². The fraction of sp³-hybridized carbons (Fsp3) is 0.200. The first-order chi connectivity index (χ1) is 12.1. The topological polar surface area (TPSA) is 51.2 Å². The van der Waals surface area contributed by atoms with Crippen LogP contribution < -0.4 is 10.1 Å². The second kappa shape index (κ2) is 7.94. The zero-order chi connectivity index (χ0) is 17.6. The van der Waals surface area contributed by atoms with Crippen molar-refractivity contribution >= 4 is 17.2 Å². The second-order valence-corrected chi connectivity index (χ2v) is 6.72. The van der Waals surface area contributed by atoms with E-state index in [9.17, 15) is 4.79 Å². The Bertz CT molecular complexity index is 842. The van der Waals surface area contributed by atoms with Crippen LogP contribution >= 0.6 is 11.3 Å². The molecule has 1 heterocycles. The standard InChI is InChI=1S/C20H20N2O2S/c1-14-8-10-17(11-9-14)24-13-12-21-19(23)18-15(2)22-20(25-18)16-6-4-3-5-7-16/h3-11H,12-13H2,1-2H3,(H,21,23). The number of nitrogens with one attached hydrogen (secondary N) is 1. The summed E-state index contributed by atoms with van der Waals surface area (Å²) in [5.41, 5.74) is 2.97. The Labute approximate surface area is 151 Å². The highest BCUT2D eigenvalue weighted by molar-refractivity contribution is 7.17. The number of amides is 1. The Balaban J connectivity index is 1.55. The Morgan fingerprint density at radius 2 is 1.80 bits per heavy atom. The lowest BCUT2D eigenvalue weighted by molar-refractivity contribution is 0.0950. The molecule has 4 nitrogen and oxygen atoms in total. The fourth-order valence-electron chi connectivity index (χ4n) is 2.36. The number of aromatic nitrogens is 1. The fourth-order valence-corrected chi connectivity index (χ4v) is 3.35. The van der Waals surface area contributed by atoms with Crippen LogP contribution in [0.15, 0.2) is 54.6 Å². The van der Waals surface area contributed by atoms with Crippen LogP contribution in [0.5, 0.6) is 5.75 Å². The normalized spacial score (nSPS) is 10.5. The number of benzene rings is 2. The van der Waals surface area contributed by atoms with E-state index in [0.717, 1.165) is 22.0 Å². The monoisotopic (exact) mass is 352 g/mol. The number of rotatable bonds is 6. The molecule has 2 aromatic carbocycles. The maximum absolute atomic E-state index is 12.4. The van der Waals surface area contributed by atoms with Gasteiger partial charge >= 0.3 is 0 Å². The Hall–Kier alpha value is -2.66. The number of aryl methyl sites for hydroxylation is 2. The summed E-state index contributed by atoms with van der Waals surface area (Å²) < 4.78 is 5.63. The van der Waals surface area contributed by atoms with Crippen LogP contribution in [0.25, 0.3) is 10.6 Å². The SMILES string of the molecule is Cc1ccc(OCCNC(=O)c2sc(-c3ccccc3)nc2C)cc1. The quantitative estimate of drug-likeness (QED) is 0.675. The third-order valence-electron chi connectivity index (χ3n) is 3.70. The number of hydrogen-bond donors (Lipinski definition) is 1. The molecular formula is C20H20N2O2S. The molecule has 0 aliphatic heterocycles. The highest BCUT2D eigenvalue weighted by Gasteiger charge is 2.15. The molecule has 0 fully saturated rings. The van der Waals surface area contributed by atoms with Crippen molar-refractivity contribution in [2.75, 3.05) is 13.2 Å². The molecule has 1 amide bonds. The molecule has 5 heteroatoms. The van der Waals surface area contributed by atoms with Crippen molar-refractivity contribution in [1.82, 2.24) is 10.3 Å². The van der Waals surface area contributed by atoms with Crippen LogP contribution in [0.1, 0.15) is 20.9 Å². The van der Waals surface area contributed by atoms with E-state index in [1.54, 1.807) is 0 Å². The molecule has 1 aromatic heterocycles. The first kappa shape index (κ1) is 17.2. The van der Waals surface area contributed by atoms with Gasteiger partial charge in [0, 0.05) is 5.56 Å². The van der Waals surface area contributed by atoms with Crippen LogP contribution in [0.4, 0.5) is 0 Å². The number of thiazole rings is 1. The van der Waals surface area contributed by atoms with Crippen molar-refractivity contribution in [3.63, 3.8) is 0 Å².